The number of hydrogen-bond acceptors (Lipinski definition) is 2. The summed E-state index contributed by atoms with van der Waals surface area (Å²) in [5.74, 6) is -0.539. The molecule has 10 heavy (non-hydrogen) atoms. The van der Waals surface area contributed by atoms with Crippen LogP contribution in [0.4, 0.5) is 0 Å². The number of carbonyl (C=O) groups is 1. The van der Waals surface area contributed by atoms with Crippen LogP contribution in [0.3, 0.4) is 0 Å². The molecule has 0 amide bonds. The number of rotatable bonds is 2. The fourth-order valence-electron chi connectivity index (χ4n) is 0.346. The summed E-state index contributed by atoms with van der Waals surface area (Å²) in [6.07, 6.45) is 0. The summed E-state index contributed by atoms with van der Waals surface area (Å²) in [6, 6.07) is 0. The Morgan fingerprint density at radius 3 is 1.90 bits per heavy atom. The fourth-order valence-corrected chi connectivity index (χ4v) is 1.31. The summed E-state index contributed by atoms with van der Waals surface area (Å²) in [5.41, 5.74) is 0. The highest BCUT2D eigenvalue weighted by Crippen LogP contribution is 2.10. The van der Waals surface area contributed by atoms with Crippen molar-refractivity contribution in [2.45, 2.75) is 24.5 Å². The Balaban J connectivity index is 3.81. The Labute approximate surface area is 71.6 Å². The molecule has 0 aliphatic carbocycles. The molecule has 0 saturated carbocycles. The van der Waals surface area contributed by atoms with Crippen molar-refractivity contribution in [2.24, 2.45) is 0 Å². The summed E-state index contributed by atoms with van der Waals surface area (Å²) in [5, 5.41) is 0. The fraction of sp³-hybridized carbons (Fsp3) is 0.800. The highest BCUT2D eigenvalue weighted by atomic mass is 35.5. The number of halogens is 2. The van der Waals surface area contributed by atoms with Crippen LogP contribution in [-0.4, -0.2) is 19.1 Å². The molecule has 0 rings (SSSR count). The van der Waals surface area contributed by atoms with Crippen LogP contribution in [0, 0.1) is 0 Å². The van der Waals surface area contributed by atoms with Crippen molar-refractivity contribution in [1.82, 2.24) is 0 Å². The third kappa shape index (κ3) is 5.08. The number of carbonyl (C=O) groups excluding carboxylic acids is 1. The van der Waals surface area contributed by atoms with Gasteiger partial charge in [-0.1, -0.05) is 23.2 Å². The molecule has 5 heteroatoms. The third-order valence-corrected chi connectivity index (χ3v) is 1.75. The lowest BCUT2D eigenvalue weighted by molar-refractivity contribution is -0.133. The van der Waals surface area contributed by atoms with E-state index in [1.165, 1.54) is 0 Å². The quantitative estimate of drug-likeness (QED) is 0.505. The van der Waals surface area contributed by atoms with Crippen LogP contribution in [-0.2, 0) is 9.22 Å². The predicted octanol–water partition coefficient (Wildman–Crippen LogP) is 2.17. The van der Waals surface area contributed by atoms with Gasteiger partial charge in [-0.3, -0.25) is 4.79 Å². The van der Waals surface area contributed by atoms with Gasteiger partial charge in [0.2, 0.25) is 13.2 Å². The van der Waals surface area contributed by atoms with Crippen LogP contribution in [0.5, 0.6) is 0 Å². The van der Waals surface area contributed by atoms with Gasteiger partial charge in [0.15, 0.2) is 0 Å². The molecule has 0 aliphatic rings. The summed E-state index contributed by atoms with van der Waals surface area (Å²) < 4.78 is 4.94. The minimum atomic E-state index is -1.80. The van der Waals surface area contributed by atoms with Gasteiger partial charge in [0, 0.05) is 0 Å². The highest BCUT2D eigenvalue weighted by molar-refractivity contribution is 6.72. The van der Waals surface area contributed by atoms with Crippen molar-refractivity contribution in [1.29, 1.82) is 0 Å². The van der Waals surface area contributed by atoms with Crippen LogP contribution in [0.15, 0.2) is 0 Å². The molecule has 0 aliphatic heterocycles. The van der Waals surface area contributed by atoms with Crippen molar-refractivity contribution in [3.8, 4) is 0 Å². The lowest BCUT2D eigenvalue weighted by Crippen LogP contribution is -2.31. The van der Waals surface area contributed by atoms with E-state index in [2.05, 4.69) is 0 Å². The van der Waals surface area contributed by atoms with Gasteiger partial charge in [-0.15, -0.1) is 0 Å². The Hall–Kier alpha value is 0.267. The standard InChI is InChI=1S/C5H10Cl2O2Si/c1-10(2,3)9-5(8)4(6)7/h4H,1-3H3. The molecule has 0 aromatic carbocycles. The van der Waals surface area contributed by atoms with Crippen LogP contribution in [0.1, 0.15) is 0 Å². The van der Waals surface area contributed by atoms with E-state index in [4.69, 9.17) is 27.6 Å². The average molecular weight is 201 g/mol. The van der Waals surface area contributed by atoms with Crippen molar-refractivity contribution in [3.05, 3.63) is 0 Å². The number of alkyl halides is 2. The van der Waals surface area contributed by atoms with E-state index < -0.39 is 19.1 Å². The molecule has 0 radical (unpaired) electrons. The molecule has 0 aromatic heterocycles. The van der Waals surface area contributed by atoms with E-state index in [0.29, 0.717) is 0 Å². The third-order valence-electron chi connectivity index (χ3n) is 0.585. The van der Waals surface area contributed by atoms with E-state index in [1.807, 2.05) is 19.6 Å². The Bertz CT molecular complexity index is 130. The molecule has 0 atom stereocenters. The zero-order valence-electron chi connectivity index (χ0n) is 6.15. The largest absolute Gasteiger partial charge is 0.518 e. The molecule has 0 fully saturated rings. The normalized spacial score (nSPS) is 11.8. The molecule has 0 unspecified atom stereocenters. The lowest BCUT2D eigenvalue weighted by atomic mass is 10.8. The van der Waals surface area contributed by atoms with Gasteiger partial charge in [-0.05, 0) is 19.6 Å². The zero-order chi connectivity index (χ0) is 8.36. The monoisotopic (exact) mass is 200 g/mol. The first-order chi connectivity index (χ1) is 4.33. The molecule has 0 heterocycles. The molecule has 60 valence electrons. The molecule has 0 spiro atoms. The SMILES string of the molecule is C[Si](C)(C)OC(=O)C(Cl)Cl. The van der Waals surface area contributed by atoms with Crippen LogP contribution < -0.4 is 0 Å². The van der Waals surface area contributed by atoms with Crippen molar-refractivity contribution in [3.63, 3.8) is 0 Å². The second-order valence-electron chi connectivity index (χ2n) is 2.83. The molecule has 0 saturated heterocycles. The van der Waals surface area contributed by atoms with Gasteiger partial charge in [-0.25, -0.2) is 0 Å². The van der Waals surface area contributed by atoms with E-state index in [0.717, 1.165) is 0 Å². The Morgan fingerprint density at radius 2 is 1.80 bits per heavy atom. The average Bonchev–Trinajstić information content (AvgIpc) is 1.60. The van der Waals surface area contributed by atoms with Gasteiger partial charge in [0.1, 0.15) is 0 Å². The van der Waals surface area contributed by atoms with Gasteiger partial charge in [0.25, 0.3) is 0 Å². The van der Waals surface area contributed by atoms with Crippen molar-refractivity contribution < 1.29 is 9.22 Å². The van der Waals surface area contributed by atoms with E-state index in [1.54, 1.807) is 0 Å². The first-order valence-electron chi connectivity index (χ1n) is 2.84. The molecular formula is C5H10Cl2O2Si. The molecule has 0 bridgehead atoms. The smallest absolute Gasteiger partial charge is 0.326 e. The summed E-state index contributed by atoms with van der Waals surface area (Å²) in [6.45, 7) is 5.67. The van der Waals surface area contributed by atoms with Crippen LogP contribution in [0.2, 0.25) is 19.6 Å². The minimum absolute atomic E-state index is 0.539. The van der Waals surface area contributed by atoms with E-state index in [9.17, 15) is 4.79 Å². The molecule has 2 nitrogen and oxygen atoms in total. The van der Waals surface area contributed by atoms with Gasteiger partial charge >= 0.3 is 5.97 Å². The maximum atomic E-state index is 10.7. The van der Waals surface area contributed by atoms with Gasteiger partial charge < -0.3 is 4.43 Å². The first kappa shape index (κ1) is 10.3. The van der Waals surface area contributed by atoms with E-state index in [-0.39, 0.29) is 0 Å². The molecule has 0 N–H and O–H groups in total. The Morgan fingerprint density at radius 1 is 1.40 bits per heavy atom. The maximum Gasteiger partial charge on any atom is 0.326 e. The van der Waals surface area contributed by atoms with Crippen LogP contribution >= 0.6 is 23.2 Å². The summed E-state index contributed by atoms with van der Waals surface area (Å²) in [4.78, 5) is 9.66. The topological polar surface area (TPSA) is 26.3 Å². The molecular weight excluding hydrogens is 191 g/mol. The van der Waals surface area contributed by atoms with E-state index >= 15 is 0 Å². The van der Waals surface area contributed by atoms with Crippen molar-refractivity contribution in [2.75, 3.05) is 0 Å². The first-order valence-corrected chi connectivity index (χ1v) is 7.12. The maximum absolute atomic E-state index is 10.7. The second kappa shape index (κ2) is 3.60. The van der Waals surface area contributed by atoms with Crippen molar-refractivity contribution >= 4 is 37.5 Å². The highest BCUT2D eigenvalue weighted by Gasteiger charge is 2.23. The minimum Gasteiger partial charge on any atom is -0.518 e. The second-order valence-corrected chi connectivity index (χ2v) is 8.36. The van der Waals surface area contributed by atoms with Gasteiger partial charge in [-0.2, -0.15) is 0 Å². The zero-order valence-corrected chi connectivity index (χ0v) is 8.66. The van der Waals surface area contributed by atoms with Gasteiger partial charge in [0.05, 0.1) is 0 Å². The Kier molecular flexibility index (Phi) is 3.69. The molecule has 0 aromatic rings. The summed E-state index contributed by atoms with van der Waals surface area (Å²) in [7, 11) is -1.80. The summed E-state index contributed by atoms with van der Waals surface area (Å²) >= 11 is 10.5. The lowest BCUT2D eigenvalue weighted by Gasteiger charge is -2.17. The predicted molar refractivity (Wildman–Crippen MR) is 44.9 cm³/mol. The van der Waals surface area contributed by atoms with Crippen LogP contribution in [0.25, 0.3) is 0 Å². The number of hydrogen-bond donors (Lipinski definition) is 0.